The summed E-state index contributed by atoms with van der Waals surface area (Å²) in [6.45, 7) is 5.90. The van der Waals surface area contributed by atoms with E-state index in [0.717, 1.165) is 24.0 Å². The molecule has 4 N–H and O–H groups in total. The van der Waals surface area contributed by atoms with Crippen LogP contribution in [0.3, 0.4) is 0 Å². The maximum absolute atomic E-state index is 12.1. The topological polar surface area (TPSA) is 111 Å². The molecule has 0 saturated heterocycles. The Morgan fingerprint density at radius 1 is 1.20 bits per heavy atom. The molecule has 3 atom stereocenters. The molecule has 30 heavy (non-hydrogen) atoms. The van der Waals surface area contributed by atoms with Gasteiger partial charge in [0.25, 0.3) is 0 Å². The monoisotopic (exact) mass is 423 g/mol. The van der Waals surface area contributed by atoms with E-state index in [2.05, 4.69) is 13.5 Å². The SMILES string of the molecule is C=COC(=O)C(N)(COC)C(O)C(O)CCc1ccc(OCCCCCCC)cc1. The van der Waals surface area contributed by atoms with Crippen molar-refractivity contribution in [2.75, 3.05) is 20.3 Å². The summed E-state index contributed by atoms with van der Waals surface area (Å²) < 4.78 is 15.4. The van der Waals surface area contributed by atoms with Crippen molar-refractivity contribution in [2.24, 2.45) is 5.73 Å². The minimum absolute atomic E-state index is 0.211. The number of benzene rings is 1. The standard InChI is InChI=1S/C23H37NO6/c1-4-6-7-8-9-16-30-19-13-10-18(11-14-19)12-15-20(25)21(26)23(24,17-28-3)22(27)29-5-2/h5,10-11,13-14,20-21,25-26H,2,4,6-9,12,15-17,24H2,1,3H3. The fraction of sp³-hybridized carbons (Fsp3) is 0.609. The van der Waals surface area contributed by atoms with E-state index in [9.17, 15) is 15.0 Å². The lowest BCUT2D eigenvalue weighted by Gasteiger charge is -2.33. The molecule has 0 heterocycles. The van der Waals surface area contributed by atoms with Gasteiger partial charge in [0.05, 0.1) is 25.6 Å². The molecule has 0 aliphatic heterocycles. The third-order valence-corrected chi connectivity index (χ3v) is 5.01. The van der Waals surface area contributed by atoms with Crippen molar-refractivity contribution in [3.8, 4) is 5.75 Å². The number of aliphatic hydroxyl groups excluding tert-OH is 2. The van der Waals surface area contributed by atoms with Crippen LogP contribution in [0.15, 0.2) is 37.1 Å². The van der Waals surface area contributed by atoms with E-state index in [1.807, 2.05) is 24.3 Å². The minimum Gasteiger partial charge on any atom is -0.494 e. The summed E-state index contributed by atoms with van der Waals surface area (Å²) in [7, 11) is 1.34. The van der Waals surface area contributed by atoms with Gasteiger partial charge in [-0.25, -0.2) is 4.79 Å². The Balaban J connectivity index is 2.51. The summed E-state index contributed by atoms with van der Waals surface area (Å²) in [5.41, 5.74) is 5.06. The average Bonchev–Trinajstić information content (AvgIpc) is 2.75. The highest BCUT2D eigenvalue weighted by molar-refractivity contribution is 5.82. The van der Waals surface area contributed by atoms with E-state index in [1.165, 1.54) is 32.8 Å². The second-order valence-corrected chi connectivity index (χ2v) is 7.50. The predicted octanol–water partition coefficient (Wildman–Crippen LogP) is 2.72. The summed E-state index contributed by atoms with van der Waals surface area (Å²) in [5.74, 6) is -0.106. The quantitative estimate of drug-likeness (QED) is 0.213. The van der Waals surface area contributed by atoms with Crippen molar-refractivity contribution in [1.29, 1.82) is 0 Å². The van der Waals surface area contributed by atoms with Gasteiger partial charge in [-0.05, 0) is 37.0 Å². The molecule has 0 bridgehead atoms. The predicted molar refractivity (Wildman–Crippen MR) is 116 cm³/mol. The van der Waals surface area contributed by atoms with Crippen molar-refractivity contribution in [1.82, 2.24) is 0 Å². The van der Waals surface area contributed by atoms with Crippen molar-refractivity contribution >= 4 is 5.97 Å². The maximum Gasteiger partial charge on any atom is 0.336 e. The molecule has 1 aromatic carbocycles. The summed E-state index contributed by atoms with van der Waals surface area (Å²) in [6.07, 6.45) is 4.80. The lowest BCUT2D eigenvalue weighted by molar-refractivity contribution is -0.157. The van der Waals surface area contributed by atoms with Crippen molar-refractivity contribution in [3.63, 3.8) is 0 Å². The Morgan fingerprint density at radius 3 is 2.47 bits per heavy atom. The normalized spacial score (nSPS) is 15.1. The Morgan fingerprint density at radius 2 is 1.87 bits per heavy atom. The van der Waals surface area contributed by atoms with Gasteiger partial charge in [0.15, 0.2) is 5.54 Å². The summed E-state index contributed by atoms with van der Waals surface area (Å²) in [6, 6.07) is 7.62. The number of esters is 1. The lowest BCUT2D eigenvalue weighted by Crippen LogP contribution is -2.64. The minimum atomic E-state index is -1.89. The fourth-order valence-corrected chi connectivity index (χ4v) is 3.15. The second kappa shape index (κ2) is 14.1. The molecular weight excluding hydrogens is 386 g/mol. The van der Waals surface area contributed by atoms with Crippen LogP contribution in [0, 0.1) is 0 Å². The average molecular weight is 424 g/mol. The zero-order valence-corrected chi connectivity index (χ0v) is 18.2. The number of hydrogen-bond donors (Lipinski definition) is 3. The molecule has 0 radical (unpaired) electrons. The molecular formula is C23H37NO6. The van der Waals surface area contributed by atoms with Crippen LogP contribution in [-0.4, -0.2) is 54.3 Å². The fourth-order valence-electron chi connectivity index (χ4n) is 3.15. The van der Waals surface area contributed by atoms with Gasteiger partial charge in [0.1, 0.15) is 11.9 Å². The van der Waals surface area contributed by atoms with Gasteiger partial charge in [-0.1, -0.05) is 51.3 Å². The molecule has 0 spiro atoms. The van der Waals surface area contributed by atoms with Gasteiger partial charge >= 0.3 is 5.97 Å². The van der Waals surface area contributed by atoms with Gasteiger partial charge in [0.2, 0.25) is 0 Å². The molecule has 0 aliphatic rings. The summed E-state index contributed by atoms with van der Waals surface area (Å²) in [4.78, 5) is 12.1. The number of carbonyl (C=O) groups excluding carboxylic acids is 1. The lowest BCUT2D eigenvalue weighted by atomic mass is 9.88. The zero-order chi connectivity index (χ0) is 22.4. The van der Waals surface area contributed by atoms with E-state index in [-0.39, 0.29) is 13.0 Å². The Bertz CT molecular complexity index is 621. The van der Waals surface area contributed by atoms with Gasteiger partial charge in [-0.3, -0.25) is 0 Å². The number of unbranched alkanes of at least 4 members (excludes halogenated alkanes) is 4. The molecule has 0 aliphatic carbocycles. The Hall–Kier alpha value is -1.93. The van der Waals surface area contributed by atoms with Crippen LogP contribution in [-0.2, 0) is 20.7 Å². The Kier molecular flexibility index (Phi) is 12.3. The van der Waals surface area contributed by atoms with Crippen LogP contribution in [0.2, 0.25) is 0 Å². The molecule has 3 unspecified atom stereocenters. The molecule has 7 heteroatoms. The molecule has 1 aromatic rings. The van der Waals surface area contributed by atoms with Gasteiger partial charge < -0.3 is 30.2 Å². The van der Waals surface area contributed by atoms with E-state index in [1.54, 1.807) is 0 Å². The number of methoxy groups -OCH3 is 1. The summed E-state index contributed by atoms with van der Waals surface area (Å²) >= 11 is 0. The smallest absolute Gasteiger partial charge is 0.336 e. The van der Waals surface area contributed by atoms with Crippen LogP contribution < -0.4 is 10.5 Å². The summed E-state index contributed by atoms with van der Waals surface area (Å²) in [5, 5.41) is 20.8. The van der Waals surface area contributed by atoms with Crippen LogP contribution in [0.5, 0.6) is 5.75 Å². The molecule has 7 nitrogen and oxygen atoms in total. The van der Waals surface area contributed by atoms with Crippen LogP contribution in [0.25, 0.3) is 0 Å². The molecule has 1 rings (SSSR count). The second-order valence-electron chi connectivity index (χ2n) is 7.50. The van der Waals surface area contributed by atoms with Crippen LogP contribution in [0.1, 0.15) is 51.0 Å². The number of hydrogen-bond acceptors (Lipinski definition) is 7. The molecule has 0 saturated carbocycles. The third-order valence-electron chi connectivity index (χ3n) is 5.01. The molecule has 170 valence electrons. The van der Waals surface area contributed by atoms with E-state index < -0.39 is 23.7 Å². The van der Waals surface area contributed by atoms with Crippen molar-refractivity contribution < 1.29 is 29.2 Å². The van der Waals surface area contributed by atoms with E-state index >= 15 is 0 Å². The highest BCUT2D eigenvalue weighted by atomic mass is 16.5. The van der Waals surface area contributed by atoms with Crippen molar-refractivity contribution in [3.05, 3.63) is 42.7 Å². The molecule has 0 amide bonds. The zero-order valence-electron chi connectivity index (χ0n) is 18.2. The first-order valence-electron chi connectivity index (χ1n) is 10.6. The maximum atomic E-state index is 12.1. The number of aliphatic hydroxyl groups is 2. The number of ether oxygens (including phenoxy) is 3. The number of carbonyl (C=O) groups is 1. The van der Waals surface area contributed by atoms with Gasteiger partial charge in [0, 0.05) is 7.11 Å². The Labute approximate surface area is 179 Å². The molecule has 0 fully saturated rings. The number of rotatable bonds is 16. The van der Waals surface area contributed by atoms with Gasteiger partial charge in [-0.15, -0.1) is 0 Å². The van der Waals surface area contributed by atoms with Gasteiger partial charge in [-0.2, -0.15) is 0 Å². The largest absolute Gasteiger partial charge is 0.494 e. The number of nitrogens with two attached hydrogens (primary N) is 1. The first-order valence-corrected chi connectivity index (χ1v) is 10.6. The first kappa shape index (κ1) is 26.1. The third kappa shape index (κ3) is 8.44. The highest BCUT2D eigenvalue weighted by Crippen LogP contribution is 2.19. The van der Waals surface area contributed by atoms with Crippen molar-refractivity contribution in [2.45, 2.75) is 69.6 Å². The van der Waals surface area contributed by atoms with E-state index in [0.29, 0.717) is 13.0 Å². The number of aryl methyl sites for hydroxylation is 1. The molecule has 0 aromatic heterocycles. The first-order chi connectivity index (χ1) is 14.4. The van der Waals surface area contributed by atoms with E-state index in [4.69, 9.17) is 19.9 Å². The highest BCUT2D eigenvalue weighted by Gasteiger charge is 2.46. The van der Waals surface area contributed by atoms with Crippen LogP contribution in [0.4, 0.5) is 0 Å². The van der Waals surface area contributed by atoms with Crippen LogP contribution >= 0.6 is 0 Å².